The van der Waals surface area contributed by atoms with E-state index in [9.17, 15) is 32.4 Å². The Morgan fingerprint density at radius 3 is 1.52 bits per heavy atom. The Hall–Kier alpha value is -2.03. The Morgan fingerprint density at radius 2 is 1.23 bits per heavy atom. The second kappa shape index (κ2) is 22.6. The van der Waals surface area contributed by atoms with Gasteiger partial charge in [0.1, 0.15) is 22.6 Å². The SMILES string of the molecule is C.COc1ccc(C(=O)C=O)cc1C(=O)OP(F)P.COc1ccc(C(C)=O)cc1C(=O)OP(F)P.O=N[O-].[Na+]. The molecule has 0 radical (unpaired) electrons. The van der Waals surface area contributed by atoms with Crippen LogP contribution in [0.25, 0.3) is 0 Å². The Labute approximate surface area is 257 Å². The van der Waals surface area contributed by atoms with Crippen molar-refractivity contribution >= 4 is 63.9 Å². The molecule has 0 N–H and O–H groups in total. The molecule has 12 nitrogen and oxygen atoms in total. The number of carbonyl (C=O) groups excluding carboxylic acids is 5. The summed E-state index contributed by atoms with van der Waals surface area (Å²) in [6.07, 6.45) is 0.120. The fourth-order valence-electron chi connectivity index (χ4n) is 2.43. The van der Waals surface area contributed by atoms with Crippen LogP contribution >= 0.6 is 34.2 Å². The Bertz CT molecular complexity index is 1170. The van der Waals surface area contributed by atoms with Crippen molar-refractivity contribution in [1.82, 2.24) is 0 Å². The number of nitrogens with zero attached hydrogens (tertiary/aromatic N) is 1. The summed E-state index contributed by atoms with van der Waals surface area (Å²) < 4.78 is 43.9. The van der Waals surface area contributed by atoms with Crippen LogP contribution in [0.15, 0.2) is 41.7 Å². The minimum absolute atomic E-state index is 0. The molecule has 0 saturated carbocycles. The van der Waals surface area contributed by atoms with E-state index in [1.54, 1.807) is 17.9 Å². The van der Waals surface area contributed by atoms with E-state index < -0.39 is 34.0 Å². The predicted molar refractivity (Wildman–Crippen MR) is 149 cm³/mol. The average Bonchev–Trinajstić information content (AvgIpc) is 2.87. The first kappa shape index (κ1) is 42.4. The van der Waals surface area contributed by atoms with Gasteiger partial charge in [0.15, 0.2) is 12.1 Å². The number of halogens is 2. The maximum atomic E-state index is 12.6. The first-order chi connectivity index (χ1) is 17.9. The Kier molecular flexibility index (Phi) is 24.0. The normalized spacial score (nSPS) is 10.5. The van der Waals surface area contributed by atoms with E-state index in [1.807, 2.05) is 0 Å². The molecule has 4 atom stereocenters. The molecule has 0 bridgehead atoms. The molecule has 2 rings (SSSR count). The summed E-state index contributed by atoms with van der Waals surface area (Å²) in [5, 5.41) is 9.00. The summed E-state index contributed by atoms with van der Waals surface area (Å²) in [4.78, 5) is 63.8. The number of hydrogen-bond acceptors (Lipinski definition) is 12. The van der Waals surface area contributed by atoms with Crippen LogP contribution in [0.1, 0.15) is 55.8 Å². The second-order valence-electron chi connectivity index (χ2n) is 6.24. The van der Waals surface area contributed by atoms with Gasteiger partial charge in [0.05, 0.1) is 14.2 Å². The molecule has 40 heavy (non-hydrogen) atoms. The van der Waals surface area contributed by atoms with Crippen molar-refractivity contribution in [3.63, 3.8) is 0 Å². The van der Waals surface area contributed by atoms with Crippen LogP contribution in [0, 0.1) is 10.1 Å². The van der Waals surface area contributed by atoms with E-state index in [0.29, 0.717) is 5.56 Å². The minimum atomic E-state index is -2.45. The Morgan fingerprint density at radius 1 is 0.875 bits per heavy atom. The van der Waals surface area contributed by atoms with E-state index in [4.69, 9.17) is 19.6 Å². The smallest absolute Gasteiger partial charge is 0.496 e. The summed E-state index contributed by atoms with van der Waals surface area (Å²) in [7, 11) is 1.33. The molecule has 2 aromatic rings. The van der Waals surface area contributed by atoms with E-state index >= 15 is 0 Å². The number of aldehydes is 1. The topological polar surface area (TPSA) is 175 Å². The molecule has 0 aliphatic heterocycles. The van der Waals surface area contributed by atoms with E-state index in [-0.39, 0.29) is 77.2 Å². The van der Waals surface area contributed by atoms with Crippen molar-refractivity contribution < 1.29 is 80.4 Å². The molecule has 0 fully saturated rings. The number of ketones is 2. The molecule has 0 aliphatic carbocycles. The number of methoxy groups -OCH3 is 2. The fourth-order valence-corrected chi connectivity index (χ4v) is 3.52. The molecule has 0 spiro atoms. The van der Waals surface area contributed by atoms with Gasteiger partial charge in [0.2, 0.25) is 5.78 Å². The molecule has 4 unspecified atom stereocenters. The average molecular weight is 651 g/mol. The second-order valence-corrected chi connectivity index (χ2v) is 10.1. The number of benzene rings is 2. The van der Waals surface area contributed by atoms with Gasteiger partial charge in [-0.15, -0.1) is 5.34 Å². The zero-order valence-corrected chi connectivity index (χ0v) is 26.9. The number of Topliss-reactive ketones (excluding diaryl/α,β-unsaturated/α-hetero) is 2. The van der Waals surface area contributed by atoms with Crippen molar-refractivity contribution in [3.05, 3.63) is 68.8 Å². The molecule has 0 aromatic heterocycles. The first-order valence-corrected chi connectivity index (χ1v) is 15.1. The van der Waals surface area contributed by atoms with Crippen LogP contribution in [-0.4, -0.2) is 44.0 Å². The minimum Gasteiger partial charge on any atom is -0.496 e. The van der Waals surface area contributed by atoms with Gasteiger partial charge in [0.25, 0.3) is 16.3 Å². The van der Waals surface area contributed by atoms with Crippen LogP contribution in [0.2, 0.25) is 0 Å². The van der Waals surface area contributed by atoms with Crippen molar-refractivity contribution in [2.24, 2.45) is 5.34 Å². The number of carbonyl (C=O) groups is 5. The molecule has 214 valence electrons. The molecular formula is C21H24F2NNaO11P4. The molecule has 19 heteroatoms. The number of hydrogen-bond donors (Lipinski definition) is 0. The molecule has 0 amide bonds. The van der Waals surface area contributed by atoms with E-state index in [1.165, 1.54) is 51.5 Å². The van der Waals surface area contributed by atoms with Gasteiger partial charge in [-0.05, 0) is 61.2 Å². The summed E-state index contributed by atoms with van der Waals surface area (Å²) >= 11 is 0. The van der Waals surface area contributed by atoms with Gasteiger partial charge in [-0.3, -0.25) is 14.4 Å². The standard InChI is InChI=1S/C10H9FO5P2.C10H11FO4P2.CH4.HNO2.Na/c1-15-9-3-2-6(8(13)5-12)4-7(9)10(14)16-18(11)17;1-6(12)7-3-4-9(14-2)8(5-7)10(13)15-17(11)16;;2-1-3;/h2-5H,17H2,1H3;3-5H,16H2,1-2H3;1H4;(H,2,3);/q;;;;+1/p-1. The largest absolute Gasteiger partial charge is 1.00 e. The third-order valence-corrected chi connectivity index (χ3v) is 5.29. The maximum absolute atomic E-state index is 12.6. The summed E-state index contributed by atoms with van der Waals surface area (Å²) in [5.41, 5.74) is 0.264. The van der Waals surface area contributed by atoms with Gasteiger partial charge >= 0.3 is 41.5 Å². The van der Waals surface area contributed by atoms with Crippen LogP contribution in [0.4, 0.5) is 8.39 Å². The van der Waals surface area contributed by atoms with Crippen LogP contribution in [0.3, 0.4) is 0 Å². The number of rotatable bonds is 9. The van der Waals surface area contributed by atoms with Gasteiger partial charge in [-0.2, -0.15) is 8.39 Å². The summed E-state index contributed by atoms with van der Waals surface area (Å²) in [6, 6.07) is 8.10. The fraction of sp³-hybridized carbons (Fsp3) is 0.190. The third kappa shape index (κ3) is 15.1. The van der Waals surface area contributed by atoms with Crippen molar-refractivity contribution in [3.8, 4) is 11.5 Å². The zero-order valence-electron chi connectivity index (χ0n) is 20.8. The summed E-state index contributed by atoms with van der Waals surface area (Å²) in [6.45, 7) is 1.37. The monoisotopic (exact) mass is 651 g/mol. The van der Waals surface area contributed by atoms with Crippen LogP contribution in [0.5, 0.6) is 11.5 Å². The molecule has 0 heterocycles. The molecule has 0 saturated heterocycles. The van der Waals surface area contributed by atoms with E-state index in [0.717, 1.165) is 11.4 Å². The maximum Gasteiger partial charge on any atom is 1.00 e. The quantitative estimate of drug-likeness (QED) is 0.0740. The van der Waals surface area contributed by atoms with Crippen LogP contribution in [-0.2, 0) is 13.8 Å². The molecular weight excluding hydrogens is 627 g/mol. The van der Waals surface area contributed by atoms with E-state index in [2.05, 4.69) is 9.05 Å². The van der Waals surface area contributed by atoms with Gasteiger partial charge in [0, 0.05) is 11.1 Å². The first-order valence-electron chi connectivity index (χ1n) is 9.53. The van der Waals surface area contributed by atoms with Crippen molar-refractivity contribution in [1.29, 1.82) is 0 Å². The zero-order chi connectivity index (χ0) is 29.4. The van der Waals surface area contributed by atoms with Crippen LogP contribution < -0.4 is 39.0 Å². The molecule has 0 aliphatic rings. The van der Waals surface area contributed by atoms with Gasteiger partial charge in [-0.25, -0.2) is 9.59 Å². The molecule has 2 aromatic carbocycles. The predicted octanol–water partition coefficient (Wildman–Crippen LogP) is 3.32. The van der Waals surface area contributed by atoms with Gasteiger partial charge < -0.3 is 28.6 Å². The number of ether oxygens (including phenoxy) is 2. The third-order valence-electron chi connectivity index (χ3n) is 3.98. The van der Waals surface area contributed by atoms with Crippen molar-refractivity contribution in [2.45, 2.75) is 14.4 Å². The van der Waals surface area contributed by atoms with Gasteiger partial charge in [-0.1, -0.05) is 7.43 Å². The Balaban J connectivity index is -0.000000596. The summed E-state index contributed by atoms with van der Waals surface area (Å²) in [5.74, 6) is -2.44. The van der Waals surface area contributed by atoms with Crippen molar-refractivity contribution in [2.75, 3.05) is 14.2 Å².